The van der Waals surface area contributed by atoms with Crippen molar-refractivity contribution in [2.75, 3.05) is 18.1 Å². The minimum atomic E-state index is -0.548. The molecule has 2 aromatic rings. The monoisotopic (exact) mass is 350 g/mol. The van der Waals surface area contributed by atoms with Gasteiger partial charge in [0.2, 0.25) is 5.91 Å². The van der Waals surface area contributed by atoms with Gasteiger partial charge in [0.15, 0.2) is 5.13 Å². The van der Waals surface area contributed by atoms with E-state index in [9.17, 15) is 9.59 Å². The minimum Gasteiger partial charge on any atom is -0.376 e. The van der Waals surface area contributed by atoms with Gasteiger partial charge in [-0.2, -0.15) is 0 Å². The minimum absolute atomic E-state index is 0.00882. The highest BCUT2D eigenvalue weighted by Gasteiger charge is 2.26. The number of aryl methyl sites for hydroxylation is 1. The van der Waals surface area contributed by atoms with Crippen LogP contribution in [0.15, 0.2) is 23.2 Å². The van der Waals surface area contributed by atoms with Gasteiger partial charge >= 0.3 is 0 Å². The van der Waals surface area contributed by atoms with Crippen molar-refractivity contribution in [2.45, 2.75) is 31.8 Å². The maximum atomic E-state index is 12.7. The Bertz CT molecular complexity index is 694. The highest BCUT2D eigenvalue weighted by molar-refractivity contribution is 7.17. The van der Waals surface area contributed by atoms with Gasteiger partial charge in [0.1, 0.15) is 11.1 Å². The van der Waals surface area contributed by atoms with E-state index in [2.05, 4.69) is 10.1 Å². The number of amides is 2. The van der Waals surface area contributed by atoms with Gasteiger partial charge in [-0.15, -0.1) is 0 Å². The number of nitrogens with two attached hydrogens (primary N) is 1. The molecule has 0 spiro atoms. The first-order chi connectivity index (χ1) is 11.6. The number of nitrogens with zero attached hydrogens (tertiary/aromatic N) is 3. The smallest absolute Gasteiger partial charge is 0.260 e. The molecule has 2 amide bonds. The molecule has 1 atom stereocenters. The first-order valence-electron chi connectivity index (χ1n) is 7.69. The van der Waals surface area contributed by atoms with E-state index in [1.807, 2.05) is 0 Å². The largest absolute Gasteiger partial charge is 0.376 e. The summed E-state index contributed by atoms with van der Waals surface area (Å²) in [5.74, 6) is -0.634. The highest BCUT2D eigenvalue weighted by Crippen LogP contribution is 2.25. The van der Waals surface area contributed by atoms with Crippen LogP contribution in [0.4, 0.5) is 5.13 Å². The van der Waals surface area contributed by atoms with Crippen molar-refractivity contribution in [1.29, 1.82) is 0 Å². The Morgan fingerprint density at radius 1 is 1.42 bits per heavy atom. The summed E-state index contributed by atoms with van der Waals surface area (Å²) in [6, 6.07) is 0. The predicted octanol–water partition coefficient (Wildman–Crippen LogP) is 1.37. The molecule has 2 aromatic heterocycles. The lowest BCUT2D eigenvalue weighted by Gasteiger charge is -2.23. The second-order valence-corrected chi connectivity index (χ2v) is 6.55. The molecule has 9 heteroatoms. The van der Waals surface area contributed by atoms with Crippen molar-refractivity contribution in [1.82, 2.24) is 10.1 Å². The summed E-state index contributed by atoms with van der Waals surface area (Å²) in [4.78, 5) is 30.0. The van der Waals surface area contributed by atoms with Crippen LogP contribution in [0.25, 0.3) is 0 Å². The quantitative estimate of drug-likeness (QED) is 0.807. The number of primary amides is 1. The molecule has 3 heterocycles. The predicted molar refractivity (Wildman–Crippen MR) is 86.8 cm³/mol. The second-order valence-electron chi connectivity index (χ2n) is 5.54. The molecule has 0 bridgehead atoms. The lowest BCUT2D eigenvalue weighted by Crippen LogP contribution is -2.37. The number of anilines is 1. The molecular formula is C15H18N4O4S. The number of rotatable bonds is 7. The Hall–Kier alpha value is -2.26. The molecule has 8 nitrogen and oxygen atoms in total. The summed E-state index contributed by atoms with van der Waals surface area (Å²) in [7, 11) is 0. The maximum Gasteiger partial charge on any atom is 0.260 e. The number of thiazole rings is 1. The zero-order valence-corrected chi connectivity index (χ0v) is 13.8. The highest BCUT2D eigenvalue weighted by atomic mass is 32.1. The van der Waals surface area contributed by atoms with Crippen LogP contribution in [0.3, 0.4) is 0 Å². The first kappa shape index (κ1) is 16.6. The number of carbonyl (C=O) groups is 2. The molecule has 0 radical (unpaired) electrons. The van der Waals surface area contributed by atoms with Crippen LogP contribution in [0.1, 0.15) is 34.5 Å². The number of ether oxygens (including phenoxy) is 1. The molecule has 1 fully saturated rings. The van der Waals surface area contributed by atoms with E-state index in [-0.39, 0.29) is 12.0 Å². The van der Waals surface area contributed by atoms with Crippen molar-refractivity contribution in [3.05, 3.63) is 29.1 Å². The summed E-state index contributed by atoms with van der Waals surface area (Å²) in [6.45, 7) is 1.13. The molecule has 128 valence electrons. The van der Waals surface area contributed by atoms with E-state index in [1.165, 1.54) is 12.5 Å². The van der Waals surface area contributed by atoms with E-state index in [0.717, 1.165) is 29.7 Å². The standard InChI is InChI=1S/C15H18N4O4S/c16-14(21)12-7-17-15(24-12)19(8-11-2-1-5-22-11)13(20)4-3-10-6-18-23-9-10/h6-7,9,11H,1-5,8H2,(H2,16,21)/t11-/m1/s1. The van der Waals surface area contributed by atoms with E-state index >= 15 is 0 Å². The van der Waals surface area contributed by atoms with Crippen LogP contribution in [0.2, 0.25) is 0 Å². The summed E-state index contributed by atoms with van der Waals surface area (Å²) >= 11 is 1.12. The molecular weight excluding hydrogens is 332 g/mol. The first-order valence-corrected chi connectivity index (χ1v) is 8.51. The third-order valence-electron chi connectivity index (χ3n) is 3.79. The third-order valence-corrected chi connectivity index (χ3v) is 4.82. The van der Waals surface area contributed by atoms with Gasteiger partial charge in [-0.05, 0) is 19.3 Å². The SMILES string of the molecule is NC(=O)c1cnc(N(C[C@H]2CCCO2)C(=O)CCc2cnoc2)s1. The van der Waals surface area contributed by atoms with E-state index < -0.39 is 5.91 Å². The van der Waals surface area contributed by atoms with Crippen molar-refractivity contribution in [3.63, 3.8) is 0 Å². The van der Waals surface area contributed by atoms with Gasteiger partial charge in [0, 0.05) is 18.6 Å². The van der Waals surface area contributed by atoms with Gasteiger partial charge in [0.05, 0.1) is 25.0 Å². The van der Waals surface area contributed by atoms with Crippen molar-refractivity contribution < 1.29 is 18.8 Å². The van der Waals surface area contributed by atoms with Crippen LogP contribution in [-0.4, -0.2) is 41.2 Å². The third kappa shape index (κ3) is 3.98. The topological polar surface area (TPSA) is 112 Å². The van der Waals surface area contributed by atoms with Gasteiger partial charge < -0.3 is 15.0 Å². The Balaban J connectivity index is 1.72. The number of carbonyl (C=O) groups excluding carboxylic acids is 2. The fraction of sp³-hybridized carbons (Fsp3) is 0.467. The van der Waals surface area contributed by atoms with Crippen molar-refractivity contribution >= 4 is 28.3 Å². The molecule has 0 saturated carbocycles. The number of aromatic nitrogens is 2. The zero-order chi connectivity index (χ0) is 16.9. The van der Waals surface area contributed by atoms with Crippen LogP contribution < -0.4 is 10.6 Å². The Labute approximate surface area is 142 Å². The average Bonchev–Trinajstić information content (AvgIpc) is 3.32. The Morgan fingerprint density at radius 2 is 2.29 bits per heavy atom. The van der Waals surface area contributed by atoms with Crippen LogP contribution in [-0.2, 0) is 16.0 Å². The van der Waals surface area contributed by atoms with Gasteiger partial charge in [-0.25, -0.2) is 4.98 Å². The fourth-order valence-electron chi connectivity index (χ4n) is 2.52. The van der Waals surface area contributed by atoms with Crippen LogP contribution in [0, 0.1) is 0 Å². The summed E-state index contributed by atoms with van der Waals surface area (Å²) in [5, 5.41) is 4.09. The van der Waals surface area contributed by atoms with E-state index in [4.69, 9.17) is 15.0 Å². The van der Waals surface area contributed by atoms with Crippen LogP contribution >= 0.6 is 11.3 Å². The average molecular weight is 350 g/mol. The molecule has 1 saturated heterocycles. The van der Waals surface area contributed by atoms with Crippen molar-refractivity contribution in [2.24, 2.45) is 5.73 Å². The van der Waals surface area contributed by atoms with Gasteiger partial charge in [-0.3, -0.25) is 14.5 Å². The summed E-state index contributed by atoms with van der Waals surface area (Å²) < 4.78 is 10.4. The molecule has 1 aliphatic heterocycles. The molecule has 24 heavy (non-hydrogen) atoms. The lowest BCUT2D eigenvalue weighted by atomic mass is 10.2. The maximum absolute atomic E-state index is 12.7. The van der Waals surface area contributed by atoms with E-state index in [1.54, 1.807) is 11.1 Å². The normalized spacial score (nSPS) is 17.1. The summed E-state index contributed by atoms with van der Waals surface area (Å²) in [6.07, 6.45) is 7.21. The number of hydrogen-bond donors (Lipinski definition) is 1. The molecule has 1 aliphatic rings. The molecule has 0 aliphatic carbocycles. The Morgan fingerprint density at radius 3 is 2.92 bits per heavy atom. The number of hydrogen-bond acceptors (Lipinski definition) is 7. The Kier molecular flexibility index (Phi) is 5.21. The molecule has 0 unspecified atom stereocenters. The molecule has 0 aromatic carbocycles. The summed E-state index contributed by atoms with van der Waals surface area (Å²) in [5.41, 5.74) is 6.13. The lowest BCUT2D eigenvalue weighted by molar-refractivity contribution is -0.119. The molecule has 3 rings (SSSR count). The molecule has 2 N–H and O–H groups in total. The van der Waals surface area contributed by atoms with E-state index in [0.29, 0.717) is 36.0 Å². The van der Waals surface area contributed by atoms with Gasteiger partial charge in [-0.1, -0.05) is 16.5 Å². The zero-order valence-electron chi connectivity index (χ0n) is 13.0. The van der Waals surface area contributed by atoms with Crippen LogP contribution in [0.5, 0.6) is 0 Å². The van der Waals surface area contributed by atoms with Crippen molar-refractivity contribution in [3.8, 4) is 0 Å². The second kappa shape index (κ2) is 7.54. The fourth-order valence-corrected chi connectivity index (χ4v) is 3.31. The van der Waals surface area contributed by atoms with Gasteiger partial charge in [0.25, 0.3) is 5.91 Å².